The number of hydrogen-bond donors (Lipinski definition) is 0. The summed E-state index contributed by atoms with van der Waals surface area (Å²) in [6.45, 7) is 3.02. The van der Waals surface area contributed by atoms with Gasteiger partial charge in [0.2, 0.25) is 0 Å². The predicted molar refractivity (Wildman–Crippen MR) is 135 cm³/mol. The minimum absolute atomic E-state index is 0.0749. The molecule has 0 amide bonds. The highest BCUT2D eigenvalue weighted by Gasteiger charge is 2.37. The average molecular weight is 536 g/mol. The molecule has 3 rings (SSSR count). The molecular weight excluding hydrogens is 511 g/mol. The molecule has 0 radical (unpaired) electrons. The Balaban J connectivity index is 2.13. The SMILES string of the molecule is CC(=O)CCC[C@H](N1CCSCC1)N(c1cc(Cl)ccc1Cl)S(=O)(=O)c1ccc(Cl)cc1. The minimum Gasteiger partial charge on any atom is -0.300 e. The third-order valence-corrected chi connectivity index (χ3v) is 8.82. The van der Waals surface area contributed by atoms with Gasteiger partial charge in [-0.1, -0.05) is 34.8 Å². The van der Waals surface area contributed by atoms with Crippen LogP contribution in [0.1, 0.15) is 26.2 Å². The van der Waals surface area contributed by atoms with Crippen LogP contribution in [0.4, 0.5) is 5.69 Å². The molecule has 0 aliphatic carbocycles. The first kappa shape index (κ1) is 25.7. The van der Waals surface area contributed by atoms with Crippen molar-refractivity contribution in [3.8, 4) is 0 Å². The molecule has 0 N–H and O–H groups in total. The van der Waals surface area contributed by atoms with Crippen LogP contribution in [-0.4, -0.2) is 49.9 Å². The van der Waals surface area contributed by atoms with E-state index in [1.807, 2.05) is 11.8 Å². The van der Waals surface area contributed by atoms with Crippen LogP contribution < -0.4 is 4.31 Å². The van der Waals surface area contributed by atoms with Crippen molar-refractivity contribution < 1.29 is 13.2 Å². The summed E-state index contributed by atoms with van der Waals surface area (Å²) in [5.74, 6) is 1.88. The maximum atomic E-state index is 14.0. The molecule has 5 nitrogen and oxygen atoms in total. The number of carbonyl (C=O) groups excluding carboxylic acids is 1. The van der Waals surface area contributed by atoms with E-state index >= 15 is 0 Å². The summed E-state index contributed by atoms with van der Waals surface area (Å²) in [6, 6.07) is 10.9. The van der Waals surface area contributed by atoms with Gasteiger partial charge in [0, 0.05) is 41.1 Å². The molecule has 174 valence electrons. The second-order valence-corrected chi connectivity index (χ2v) is 11.9. The lowest BCUT2D eigenvalue weighted by molar-refractivity contribution is -0.117. The topological polar surface area (TPSA) is 57.7 Å². The second-order valence-electron chi connectivity index (χ2n) is 7.57. The zero-order valence-corrected chi connectivity index (χ0v) is 21.5. The van der Waals surface area contributed by atoms with E-state index in [1.165, 1.54) is 16.4 Å². The van der Waals surface area contributed by atoms with Crippen LogP contribution in [0.2, 0.25) is 15.1 Å². The Labute approximate surface area is 209 Å². The number of sulfonamides is 1. The summed E-state index contributed by atoms with van der Waals surface area (Å²) in [6.07, 6.45) is 0.929. The van der Waals surface area contributed by atoms with E-state index < -0.39 is 16.2 Å². The lowest BCUT2D eigenvalue weighted by Gasteiger charge is -2.42. The summed E-state index contributed by atoms with van der Waals surface area (Å²) in [7, 11) is -4.01. The first-order valence-electron chi connectivity index (χ1n) is 10.3. The van der Waals surface area contributed by atoms with Crippen molar-refractivity contribution in [2.24, 2.45) is 0 Å². The number of ketones is 1. The third-order valence-electron chi connectivity index (χ3n) is 5.25. The second kappa shape index (κ2) is 11.4. The van der Waals surface area contributed by atoms with Crippen LogP contribution in [0.15, 0.2) is 47.4 Å². The molecule has 1 aliphatic heterocycles. The van der Waals surface area contributed by atoms with Crippen molar-refractivity contribution in [3.63, 3.8) is 0 Å². The Morgan fingerprint density at radius 3 is 2.31 bits per heavy atom. The van der Waals surface area contributed by atoms with Gasteiger partial charge in [0.15, 0.2) is 0 Å². The number of halogens is 3. The Hall–Kier alpha value is -0.960. The molecule has 10 heteroatoms. The first-order valence-corrected chi connectivity index (χ1v) is 14.0. The fraction of sp³-hybridized carbons (Fsp3) is 0.409. The van der Waals surface area contributed by atoms with Crippen molar-refractivity contribution in [3.05, 3.63) is 57.5 Å². The molecule has 1 saturated heterocycles. The highest BCUT2D eigenvalue weighted by Crippen LogP contribution is 2.37. The Morgan fingerprint density at radius 1 is 1.06 bits per heavy atom. The number of nitrogens with zero attached hydrogens (tertiary/aromatic N) is 2. The number of thioether (sulfide) groups is 1. The quantitative estimate of drug-likeness (QED) is 0.395. The lowest BCUT2D eigenvalue weighted by Crippen LogP contribution is -2.53. The van der Waals surface area contributed by atoms with Crippen molar-refractivity contribution >= 4 is 68.1 Å². The molecule has 0 spiro atoms. The van der Waals surface area contributed by atoms with Crippen LogP contribution >= 0.6 is 46.6 Å². The summed E-state index contributed by atoms with van der Waals surface area (Å²) in [5, 5.41) is 1.12. The van der Waals surface area contributed by atoms with Crippen molar-refractivity contribution in [1.29, 1.82) is 0 Å². The van der Waals surface area contributed by atoms with E-state index in [9.17, 15) is 13.2 Å². The Bertz CT molecular complexity index is 1040. The number of hydrogen-bond acceptors (Lipinski definition) is 5. The normalized spacial score (nSPS) is 16.0. The van der Waals surface area contributed by atoms with Gasteiger partial charge in [0.1, 0.15) is 5.78 Å². The van der Waals surface area contributed by atoms with Gasteiger partial charge in [-0.2, -0.15) is 11.8 Å². The van der Waals surface area contributed by atoms with Gasteiger partial charge in [-0.3, -0.25) is 4.90 Å². The summed E-state index contributed by atoms with van der Waals surface area (Å²) in [5.41, 5.74) is 0.320. The van der Waals surface area contributed by atoms with Gasteiger partial charge in [0.05, 0.1) is 21.8 Å². The maximum absolute atomic E-state index is 14.0. The fourth-order valence-corrected chi connectivity index (χ4v) is 6.84. The number of Topliss-reactive ketones (excluding diaryl/α,β-unsaturated/α-hetero) is 1. The third kappa shape index (κ3) is 6.33. The van der Waals surface area contributed by atoms with E-state index in [-0.39, 0.29) is 15.7 Å². The fourth-order valence-electron chi connectivity index (χ4n) is 3.68. The van der Waals surface area contributed by atoms with E-state index in [2.05, 4.69) is 4.90 Å². The lowest BCUT2D eigenvalue weighted by atomic mass is 10.1. The Morgan fingerprint density at radius 2 is 1.69 bits per heavy atom. The van der Waals surface area contributed by atoms with E-state index in [0.29, 0.717) is 35.0 Å². The van der Waals surface area contributed by atoms with Crippen LogP contribution in [0.5, 0.6) is 0 Å². The van der Waals surface area contributed by atoms with Crippen molar-refractivity contribution in [1.82, 2.24) is 4.90 Å². The summed E-state index contributed by atoms with van der Waals surface area (Å²) in [4.78, 5) is 13.9. The van der Waals surface area contributed by atoms with E-state index in [4.69, 9.17) is 34.8 Å². The smallest absolute Gasteiger partial charge is 0.265 e. The van der Waals surface area contributed by atoms with E-state index in [0.717, 1.165) is 24.6 Å². The van der Waals surface area contributed by atoms with Gasteiger partial charge in [-0.15, -0.1) is 0 Å². The molecule has 2 aromatic carbocycles. The molecule has 0 aromatic heterocycles. The molecule has 0 saturated carbocycles. The zero-order chi connectivity index (χ0) is 23.3. The van der Waals surface area contributed by atoms with Gasteiger partial charge in [-0.25, -0.2) is 12.7 Å². The van der Waals surface area contributed by atoms with Crippen LogP contribution in [0.25, 0.3) is 0 Å². The largest absolute Gasteiger partial charge is 0.300 e. The number of anilines is 1. The number of carbonyl (C=O) groups is 1. The summed E-state index contributed by atoms with van der Waals surface area (Å²) < 4.78 is 29.3. The average Bonchev–Trinajstić information content (AvgIpc) is 2.76. The monoisotopic (exact) mass is 534 g/mol. The zero-order valence-electron chi connectivity index (χ0n) is 17.6. The predicted octanol–water partition coefficient (Wildman–Crippen LogP) is 5.98. The molecular formula is C22H25Cl3N2O3S2. The minimum atomic E-state index is -4.01. The standard InChI is InChI=1S/C22H25Cl3N2O3S2/c1-16(28)3-2-4-22(26-11-13-31-14-12-26)27(21-15-18(24)7-10-20(21)25)32(29,30)19-8-5-17(23)6-9-19/h5-10,15,22H,2-4,11-14H2,1H3/t22-/m1/s1. The van der Waals surface area contributed by atoms with Crippen molar-refractivity contribution in [2.45, 2.75) is 37.2 Å². The molecule has 0 bridgehead atoms. The van der Waals surface area contributed by atoms with Gasteiger partial charge in [-0.05, 0) is 62.2 Å². The molecule has 2 aromatic rings. The molecule has 1 fully saturated rings. The molecule has 32 heavy (non-hydrogen) atoms. The number of rotatable bonds is 9. The highest BCUT2D eigenvalue weighted by atomic mass is 35.5. The molecule has 0 unspecified atom stereocenters. The van der Waals surface area contributed by atoms with Gasteiger partial charge < -0.3 is 4.79 Å². The van der Waals surface area contributed by atoms with Crippen molar-refractivity contribution in [2.75, 3.05) is 28.9 Å². The van der Waals surface area contributed by atoms with Crippen LogP contribution in [-0.2, 0) is 14.8 Å². The number of benzene rings is 2. The van der Waals surface area contributed by atoms with Crippen LogP contribution in [0.3, 0.4) is 0 Å². The maximum Gasteiger partial charge on any atom is 0.265 e. The molecule has 1 atom stereocenters. The first-order chi connectivity index (χ1) is 15.2. The molecule has 1 heterocycles. The Kier molecular flexibility index (Phi) is 9.18. The van der Waals surface area contributed by atoms with Gasteiger partial charge in [0.25, 0.3) is 10.0 Å². The van der Waals surface area contributed by atoms with E-state index in [1.54, 1.807) is 37.3 Å². The highest BCUT2D eigenvalue weighted by molar-refractivity contribution is 7.99. The van der Waals surface area contributed by atoms with Gasteiger partial charge >= 0.3 is 0 Å². The molecule has 1 aliphatic rings. The van der Waals surface area contributed by atoms with Crippen LogP contribution in [0, 0.1) is 0 Å². The summed E-state index contributed by atoms with van der Waals surface area (Å²) >= 11 is 20.6.